The Morgan fingerprint density at radius 1 is 1.19 bits per heavy atom. The molecule has 0 unspecified atom stereocenters. The van der Waals surface area contributed by atoms with Gasteiger partial charge in [-0.1, -0.05) is 18.5 Å². The molecule has 0 aliphatic carbocycles. The van der Waals surface area contributed by atoms with Gasteiger partial charge in [-0.15, -0.1) is 0 Å². The summed E-state index contributed by atoms with van der Waals surface area (Å²) in [4.78, 5) is 30.1. The van der Waals surface area contributed by atoms with Crippen LogP contribution >= 0.6 is 11.6 Å². The number of carbonyl (C=O) groups is 2. The van der Waals surface area contributed by atoms with E-state index < -0.39 is 0 Å². The Balaban J connectivity index is 1.78. The minimum Gasteiger partial charge on any atom is -0.315 e. The number of anilines is 1. The Bertz CT molecular complexity index is 953. The number of H-pyrrole nitrogens is 1. The lowest BCUT2D eigenvalue weighted by atomic mass is 10.1. The van der Waals surface area contributed by atoms with Crippen LogP contribution in [0.15, 0.2) is 48.8 Å². The van der Waals surface area contributed by atoms with Crippen molar-refractivity contribution >= 4 is 29.0 Å². The largest absolute Gasteiger partial charge is 0.315 e. The van der Waals surface area contributed by atoms with Gasteiger partial charge >= 0.3 is 0 Å². The van der Waals surface area contributed by atoms with Crippen LogP contribution in [-0.2, 0) is 11.2 Å². The van der Waals surface area contributed by atoms with E-state index in [1.807, 2.05) is 19.1 Å². The number of aromatic amines is 1. The van der Waals surface area contributed by atoms with E-state index in [-0.39, 0.29) is 18.1 Å². The van der Waals surface area contributed by atoms with Gasteiger partial charge in [0.25, 0.3) is 0 Å². The topological polar surface area (TPSA) is 79.0 Å². The second-order valence-corrected chi connectivity index (χ2v) is 6.49. The zero-order valence-electron chi connectivity index (χ0n) is 15.1. The summed E-state index contributed by atoms with van der Waals surface area (Å²) < 4.78 is 0. The molecule has 3 rings (SSSR count). The molecular formula is C20H19ClN4O2. The highest BCUT2D eigenvalue weighted by Crippen LogP contribution is 2.30. The fourth-order valence-corrected chi connectivity index (χ4v) is 2.95. The van der Waals surface area contributed by atoms with E-state index in [1.54, 1.807) is 48.6 Å². The molecule has 0 aliphatic heterocycles. The predicted octanol–water partition coefficient (Wildman–Crippen LogP) is 3.92. The summed E-state index contributed by atoms with van der Waals surface area (Å²) in [6, 6.07) is 10.7. The van der Waals surface area contributed by atoms with Crippen molar-refractivity contribution in [1.82, 2.24) is 15.2 Å². The monoisotopic (exact) mass is 382 g/mol. The summed E-state index contributed by atoms with van der Waals surface area (Å²) in [5, 5.41) is 7.10. The average Bonchev–Trinajstić information content (AvgIpc) is 3.19. The Kier molecular flexibility index (Phi) is 5.66. The summed E-state index contributed by atoms with van der Waals surface area (Å²) in [7, 11) is 1.72. The third-order valence-electron chi connectivity index (χ3n) is 4.29. The molecule has 0 spiro atoms. The smallest absolute Gasteiger partial charge is 0.226 e. The van der Waals surface area contributed by atoms with Crippen LogP contribution < -0.4 is 4.90 Å². The molecule has 0 fully saturated rings. The lowest BCUT2D eigenvalue weighted by molar-refractivity contribution is -0.118. The Labute approximate surface area is 162 Å². The van der Waals surface area contributed by atoms with Gasteiger partial charge in [0.15, 0.2) is 5.78 Å². The number of ketones is 1. The van der Waals surface area contributed by atoms with Crippen LogP contribution in [0.2, 0.25) is 5.02 Å². The molecule has 6 nitrogen and oxygen atoms in total. The van der Waals surface area contributed by atoms with E-state index >= 15 is 0 Å². The maximum Gasteiger partial charge on any atom is 0.226 e. The fraction of sp³-hybridized carbons (Fsp3) is 0.200. The third kappa shape index (κ3) is 4.23. The van der Waals surface area contributed by atoms with Crippen molar-refractivity contribution in [2.24, 2.45) is 0 Å². The first-order chi connectivity index (χ1) is 13.0. The van der Waals surface area contributed by atoms with E-state index in [9.17, 15) is 9.59 Å². The van der Waals surface area contributed by atoms with Crippen LogP contribution in [-0.4, -0.2) is 33.9 Å². The number of pyridine rings is 1. The predicted molar refractivity (Wildman–Crippen MR) is 105 cm³/mol. The SMILES string of the molecule is CCC(=O)N(C)c1ccc(-c2ccc(C(=O)Cc3ccn[nH]3)cn2)c(Cl)c1. The van der Waals surface area contributed by atoms with Crippen molar-refractivity contribution in [2.75, 3.05) is 11.9 Å². The minimum absolute atomic E-state index is 0.0112. The summed E-state index contributed by atoms with van der Waals surface area (Å²) in [6.07, 6.45) is 3.83. The van der Waals surface area contributed by atoms with E-state index in [2.05, 4.69) is 15.2 Å². The highest BCUT2D eigenvalue weighted by molar-refractivity contribution is 6.33. The van der Waals surface area contributed by atoms with E-state index in [1.165, 1.54) is 0 Å². The van der Waals surface area contributed by atoms with Gasteiger partial charge in [-0.3, -0.25) is 19.7 Å². The van der Waals surface area contributed by atoms with Crippen molar-refractivity contribution in [3.63, 3.8) is 0 Å². The fourth-order valence-electron chi connectivity index (χ4n) is 2.68. The van der Waals surface area contributed by atoms with Crippen molar-refractivity contribution in [3.05, 3.63) is 65.1 Å². The number of nitrogens with zero attached hydrogens (tertiary/aromatic N) is 3. The summed E-state index contributed by atoms with van der Waals surface area (Å²) in [5.74, 6) is -0.0310. The van der Waals surface area contributed by atoms with Gasteiger partial charge in [-0.05, 0) is 36.4 Å². The summed E-state index contributed by atoms with van der Waals surface area (Å²) in [6.45, 7) is 1.81. The van der Waals surface area contributed by atoms with Gasteiger partial charge in [0.05, 0.1) is 17.1 Å². The number of nitrogens with one attached hydrogen (secondary N) is 1. The summed E-state index contributed by atoms with van der Waals surface area (Å²) in [5.41, 5.74) is 3.41. The highest BCUT2D eigenvalue weighted by atomic mass is 35.5. The molecule has 1 aromatic carbocycles. The standard InChI is InChI=1S/C20H19ClN4O2/c1-3-20(27)25(2)15-5-6-16(17(21)11-15)18-7-4-13(12-22-18)19(26)10-14-8-9-23-24-14/h4-9,11-12H,3,10H2,1-2H3,(H,23,24). The molecule has 3 aromatic rings. The van der Waals surface area contributed by atoms with Crippen molar-refractivity contribution in [3.8, 4) is 11.3 Å². The number of aromatic nitrogens is 3. The Morgan fingerprint density at radius 3 is 2.59 bits per heavy atom. The van der Waals surface area contributed by atoms with Gasteiger partial charge in [0.1, 0.15) is 0 Å². The lowest BCUT2D eigenvalue weighted by Gasteiger charge is -2.17. The number of hydrogen-bond acceptors (Lipinski definition) is 4. The van der Waals surface area contributed by atoms with Gasteiger partial charge in [0.2, 0.25) is 5.91 Å². The first kappa shape index (κ1) is 18.8. The van der Waals surface area contributed by atoms with Gasteiger partial charge in [-0.2, -0.15) is 5.10 Å². The second kappa shape index (κ2) is 8.14. The normalized spacial score (nSPS) is 10.6. The number of amides is 1. The molecule has 1 N–H and O–H groups in total. The number of hydrogen-bond donors (Lipinski definition) is 1. The third-order valence-corrected chi connectivity index (χ3v) is 4.60. The van der Waals surface area contributed by atoms with Crippen molar-refractivity contribution < 1.29 is 9.59 Å². The molecule has 0 saturated heterocycles. The summed E-state index contributed by atoms with van der Waals surface area (Å²) >= 11 is 6.40. The van der Waals surface area contributed by atoms with Crippen LogP contribution in [0.5, 0.6) is 0 Å². The van der Waals surface area contributed by atoms with E-state index in [0.717, 1.165) is 16.9 Å². The second-order valence-electron chi connectivity index (χ2n) is 6.08. The van der Waals surface area contributed by atoms with Crippen LogP contribution in [0.3, 0.4) is 0 Å². The minimum atomic E-state index is -0.0422. The highest BCUT2D eigenvalue weighted by Gasteiger charge is 2.13. The molecule has 1 amide bonds. The Hall–Kier alpha value is -2.99. The number of carbonyl (C=O) groups excluding carboxylic acids is 2. The number of halogens is 1. The molecule has 0 radical (unpaired) electrons. The molecule has 27 heavy (non-hydrogen) atoms. The van der Waals surface area contributed by atoms with E-state index in [4.69, 9.17) is 11.6 Å². The quantitative estimate of drug-likeness (QED) is 0.655. The number of rotatable bonds is 6. The maximum absolute atomic E-state index is 12.3. The molecule has 0 atom stereocenters. The maximum atomic E-state index is 12.3. The molecule has 7 heteroatoms. The molecule has 0 bridgehead atoms. The zero-order chi connectivity index (χ0) is 19.4. The number of benzene rings is 1. The molecule has 2 heterocycles. The van der Waals surface area contributed by atoms with Crippen LogP contribution in [0.1, 0.15) is 29.4 Å². The first-order valence-corrected chi connectivity index (χ1v) is 8.91. The molecule has 138 valence electrons. The first-order valence-electron chi connectivity index (χ1n) is 8.53. The van der Waals surface area contributed by atoms with Crippen LogP contribution in [0.4, 0.5) is 5.69 Å². The average molecular weight is 383 g/mol. The van der Waals surface area contributed by atoms with Crippen molar-refractivity contribution in [1.29, 1.82) is 0 Å². The zero-order valence-corrected chi connectivity index (χ0v) is 15.8. The lowest BCUT2D eigenvalue weighted by Crippen LogP contribution is -2.24. The molecule has 0 saturated carbocycles. The molecular weight excluding hydrogens is 364 g/mol. The van der Waals surface area contributed by atoms with Crippen LogP contribution in [0.25, 0.3) is 11.3 Å². The number of Topliss-reactive ketones (excluding diaryl/α,β-unsaturated/α-hetero) is 1. The van der Waals surface area contributed by atoms with E-state index in [0.29, 0.717) is 22.7 Å². The Morgan fingerprint density at radius 2 is 2.00 bits per heavy atom. The molecule has 2 aromatic heterocycles. The van der Waals surface area contributed by atoms with Gasteiger partial charge in [-0.25, -0.2) is 0 Å². The van der Waals surface area contributed by atoms with Crippen LogP contribution in [0, 0.1) is 0 Å². The molecule has 0 aliphatic rings. The van der Waals surface area contributed by atoms with Gasteiger partial charge < -0.3 is 4.90 Å². The van der Waals surface area contributed by atoms with Crippen molar-refractivity contribution in [2.45, 2.75) is 19.8 Å². The van der Waals surface area contributed by atoms with Gasteiger partial charge in [0, 0.05) is 48.4 Å².